The highest BCUT2D eigenvalue weighted by Crippen LogP contribution is 2.52. The smallest absolute Gasteiger partial charge is 0.241 e. The lowest BCUT2D eigenvalue weighted by Crippen LogP contribution is -2.46. The first-order valence-corrected chi connectivity index (χ1v) is 10.8. The fourth-order valence-corrected chi connectivity index (χ4v) is 4.72. The van der Waals surface area contributed by atoms with Crippen molar-refractivity contribution in [3.63, 3.8) is 0 Å². The van der Waals surface area contributed by atoms with Crippen molar-refractivity contribution in [2.75, 3.05) is 33.7 Å². The molecule has 1 aliphatic heterocycles. The van der Waals surface area contributed by atoms with Crippen molar-refractivity contribution in [3.05, 3.63) is 48.0 Å². The van der Waals surface area contributed by atoms with Crippen LogP contribution in [0.2, 0.25) is 0 Å². The molecule has 32 heavy (non-hydrogen) atoms. The van der Waals surface area contributed by atoms with Gasteiger partial charge in [-0.2, -0.15) is 0 Å². The summed E-state index contributed by atoms with van der Waals surface area (Å²) in [5, 5.41) is 6.19. The lowest BCUT2D eigenvalue weighted by atomic mass is 9.85. The fourth-order valence-electron chi connectivity index (χ4n) is 4.72. The summed E-state index contributed by atoms with van der Waals surface area (Å²) < 4.78 is 0. The summed E-state index contributed by atoms with van der Waals surface area (Å²) in [5.74, 6) is 0.376. The van der Waals surface area contributed by atoms with Crippen LogP contribution < -0.4 is 10.6 Å². The quantitative estimate of drug-likeness (QED) is 0.175. The van der Waals surface area contributed by atoms with Crippen LogP contribution in [-0.4, -0.2) is 67.2 Å². The molecule has 2 bridgehead atoms. The minimum atomic E-state index is -0.176. The highest BCUT2D eigenvalue weighted by atomic mass is 127. The number of aliphatic imine (C=N–C) groups is 1. The molecule has 172 valence electrons. The Morgan fingerprint density at radius 2 is 1.69 bits per heavy atom. The average molecular weight is 551 g/mol. The van der Waals surface area contributed by atoms with Crippen LogP contribution in [0.4, 0.5) is 0 Å². The molecule has 1 heterocycles. The summed E-state index contributed by atoms with van der Waals surface area (Å²) >= 11 is 0. The van der Waals surface area contributed by atoms with E-state index in [1.165, 1.54) is 9.80 Å². The first kappa shape index (κ1) is 24.2. The summed E-state index contributed by atoms with van der Waals surface area (Å²) in [5.41, 5.74) is 1.04. The number of nitrogens with zero attached hydrogens (tertiary/aromatic N) is 3. The van der Waals surface area contributed by atoms with Crippen molar-refractivity contribution in [1.82, 2.24) is 20.4 Å². The first-order chi connectivity index (χ1) is 15.0. The van der Waals surface area contributed by atoms with Crippen LogP contribution in [0.3, 0.4) is 0 Å². The molecule has 2 fully saturated rings. The number of hydrogen-bond donors (Lipinski definition) is 2. The summed E-state index contributed by atoms with van der Waals surface area (Å²) in [7, 11) is 3.39. The van der Waals surface area contributed by atoms with Gasteiger partial charge >= 0.3 is 0 Å². The molecular weight excluding hydrogens is 521 g/mol. The number of imide groups is 1. The molecule has 1 aromatic carbocycles. The van der Waals surface area contributed by atoms with E-state index in [1.54, 1.807) is 14.1 Å². The predicted octanol–water partition coefficient (Wildman–Crippen LogP) is 1.24. The molecule has 0 spiro atoms. The number of halogens is 1. The Balaban J connectivity index is 0.00000289. The van der Waals surface area contributed by atoms with Gasteiger partial charge in [0, 0.05) is 27.2 Å². The van der Waals surface area contributed by atoms with Crippen LogP contribution in [-0.2, 0) is 20.9 Å². The van der Waals surface area contributed by atoms with Crippen molar-refractivity contribution >= 4 is 47.7 Å². The van der Waals surface area contributed by atoms with E-state index in [0.29, 0.717) is 19.0 Å². The molecule has 3 amide bonds. The topological polar surface area (TPSA) is 94.1 Å². The lowest BCUT2D eigenvalue weighted by Gasteiger charge is -2.19. The Bertz CT molecular complexity index is 887. The van der Waals surface area contributed by atoms with Gasteiger partial charge in [0.1, 0.15) is 0 Å². The second-order valence-corrected chi connectivity index (χ2v) is 8.55. The Hall–Kier alpha value is -2.43. The van der Waals surface area contributed by atoms with Gasteiger partial charge in [0.2, 0.25) is 17.7 Å². The fraction of sp³-hybridized carbons (Fsp3) is 0.478. The number of guanidine groups is 1. The number of nitrogens with one attached hydrogen (secondary N) is 2. The minimum Gasteiger partial charge on any atom is -0.355 e. The largest absolute Gasteiger partial charge is 0.355 e. The highest BCUT2D eigenvalue weighted by molar-refractivity contribution is 14.0. The van der Waals surface area contributed by atoms with Crippen LogP contribution in [0.25, 0.3) is 0 Å². The predicted molar refractivity (Wildman–Crippen MR) is 132 cm³/mol. The van der Waals surface area contributed by atoms with E-state index in [4.69, 9.17) is 0 Å². The van der Waals surface area contributed by atoms with Gasteiger partial charge in [-0.1, -0.05) is 42.5 Å². The maximum Gasteiger partial charge on any atom is 0.241 e. The molecular formula is C23H30IN5O3. The third-order valence-electron chi connectivity index (χ3n) is 6.36. The molecule has 1 aromatic rings. The van der Waals surface area contributed by atoms with E-state index < -0.39 is 0 Å². The molecule has 8 nitrogen and oxygen atoms in total. The van der Waals surface area contributed by atoms with Gasteiger partial charge in [-0.3, -0.25) is 19.3 Å². The van der Waals surface area contributed by atoms with Crippen LogP contribution in [0, 0.1) is 23.7 Å². The Labute approximate surface area is 205 Å². The van der Waals surface area contributed by atoms with Gasteiger partial charge in [-0.15, -0.1) is 24.0 Å². The zero-order valence-corrected chi connectivity index (χ0v) is 20.7. The Kier molecular flexibility index (Phi) is 7.91. The Morgan fingerprint density at radius 3 is 2.28 bits per heavy atom. The maximum absolute atomic E-state index is 12.8. The number of benzene rings is 1. The molecule has 3 aliphatic rings. The van der Waals surface area contributed by atoms with Crippen LogP contribution in [0.15, 0.2) is 47.5 Å². The third-order valence-corrected chi connectivity index (χ3v) is 6.36. The highest BCUT2D eigenvalue weighted by Gasteiger charge is 2.58. The molecule has 1 saturated heterocycles. The second-order valence-electron chi connectivity index (χ2n) is 8.55. The molecule has 2 N–H and O–H groups in total. The average Bonchev–Trinajstić information content (AvgIpc) is 3.45. The van der Waals surface area contributed by atoms with Crippen molar-refractivity contribution in [2.24, 2.45) is 28.7 Å². The van der Waals surface area contributed by atoms with E-state index in [-0.39, 0.29) is 78.5 Å². The summed E-state index contributed by atoms with van der Waals surface area (Å²) in [6.45, 7) is 1.22. The number of carbonyl (C=O) groups is 3. The molecule has 0 aromatic heterocycles. The van der Waals surface area contributed by atoms with Crippen molar-refractivity contribution in [1.29, 1.82) is 0 Å². The van der Waals surface area contributed by atoms with E-state index in [1.807, 2.05) is 30.3 Å². The van der Waals surface area contributed by atoms with E-state index in [0.717, 1.165) is 12.0 Å². The molecule has 9 heteroatoms. The zero-order chi connectivity index (χ0) is 22.0. The van der Waals surface area contributed by atoms with E-state index >= 15 is 0 Å². The van der Waals surface area contributed by atoms with Crippen LogP contribution in [0.1, 0.15) is 12.0 Å². The Morgan fingerprint density at radius 1 is 1.06 bits per heavy atom. The van der Waals surface area contributed by atoms with Gasteiger partial charge < -0.3 is 15.5 Å². The molecule has 2 aliphatic carbocycles. The summed E-state index contributed by atoms with van der Waals surface area (Å²) in [6, 6.07) is 9.81. The van der Waals surface area contributed by atoms with Crippen LogP contribution >= 0.6 is 24.0 Å². The van der Waals surface area contributed by atoms with Gasteiger partial charge in [0.05, 0.1) is 24.9 Å². The van der Waals surface area contributed by atoms with Gasteiger partial charge in [-0.25, -0.2) is 4.99 Å². The number of likely N-dealkylation sites (N-methyl/N-ethyl adjacent to an activating group) is 1. The van der Waals surface area contributed by atoms with Gasteiger partial charge in [0.15, 0.2) is 5.96 Å². The molecule has 4 rings (SSSR count). The minimum absolute atomic E-state index is 0. The first-order valence-electron chi connectivity index (χ1n) is 10.8. The maximum atomic E-state index is 12.8. The van der Waals surface area contributed by atoms with Crippen molar-refractivity contribution in [2.45, 2.75) is 13.0 Å². The number of likely N-dealkylation sites (tertiary alicyclic amines) is 1. The zero-order valence-electron chi connectivity index (χ0n) is 18.4. The molecule has 4 unspecified atom stereocenters. The van der Waals surface area contributed by atoms with E-state index in [2.05, 4.69) is 27.8 Å². The monoisotopic (exact) mass is 551 g/mol. The normalized spacial score (nSPS) is 25.6. The van der Waals surface area contributed by atoms with Crippen molar-refractivity contribution < 1.29 is 14.4 Å². The summed E-state index contributed by atoms with van der Waals surface area (Å²) in [4.78, 5) is 45.0. The summed E-state index contributed by atoms with van der Waals surface area (Å²) in [6.07, 6.45) is 5.12. The number of carbonyl (C=O) groups excluding carboxylic acids is 3. The van der Waals surface area contributed by atoms with Gasteiger partial charge in [0.25, 0.3) is 0 Å². The lowest BCUT2D eigenvalue weighted by molar-refractivity contribution is -0.140. The number of rotatable bonds is 7. The number of allylic oxidation sites excluding steroid dienone is 2. The third kappa shape index (κ3) is 4.97. The standard InChI is InChI=1S/C23H29N5O3.HI/c1-27(2)18(29)14-26-23(25-13-15-6-4-3-5-7-15)24-10-11-28-21(30)19-16-8-9-17(12-16)20(19)22(28)31;/h3-9,16-17,19-20H,10-14H2,1-2H3,(H2,24,25,26);1H. The molecule has 4 atom stereocenters. The van der Waals surface area contributed by atoms with Crippen molar-refractivity contribution in [3.8, 4) is 0 Å². The number of amides is 3. The second kappa shape index (κ2) is 10.5. The van der Waals surface area contributed by atoms with Crippen LogP contribution in [0.5, 0.6) is 0 Å². The number of hydrogen-bond acceptors (Lipinski definition) is 4. The SMILES string of the molecule is CN(C)C(=O)CNC(=NCc1ccccc1)NCCN1C(=O)C2C3C=CC(C3)C2C1=O.I. The molecule has 0 radical (unpaired) electrons. The molecule has 1 saturated carbocycles. The van der Waals surface area contributed by atoms with E-state index in [9.17, 15) is 14.4 Å². The van der Waals surface area contributed by atoms with Gasteiger partial charge in [-0.05, 0) is 23.8 Å². The number of fused-ring (bicyclic) bond motifs is 5.